The summed E-state index contributed by atoms with van der Waals surface area (Å²) < 4.78 is 26.2. The van der Waals surface area contributed by atoms with Crippen LogP contribution in [0.3, 0.4) is 0 Å². The molecule has 198 valence electrons. The first-order valence-electron chi connectivity index (χ1n) is 11.9. The number of furan rings is 1. The number of benzene rings is 2. The molecule has 1 N–H and O–H groups in total. The number of rotatable bonds is 8. The zero-order valence-corrected chi connectivity index (χ0v) is 21.1. The Labute approximate surface area is 215 Å². The van der Waals surface area contributed by atoms with Crippen molar-refractivity contribution >= 4 is 56.7 Å². The van der Waals surface area contributed by atoms with Gasteiger partial charge in [0, 0.05) is 22.9 Å². The van der Waals surface area contributed by atoms with Crippen LogP contribution in [0.4, 0.5) is 0 Å². The van der Waals surface area contributed by atoms with Gasteiger partial charge in [-0.2, -0.15) is 0 Å². The van der Waals surface area contributed by atoms with Crippen molar-refractivity contribution in [1.29, 1.82) is 0 Å². The van der Waals surface area contributed by atoms with Crippen LogP contribution >= 0.6 is 0 Å². The predicted octanol–water partition coefficient (Wildman–Crippen LogP) is 3.64. The average molecular weight is 523 g/mol. The van der Waals surface area contributed by atoms with Gasteiger partial charge in [0.1, 0.15) is 22.7 Å². The van der Waals surface area contributed by atoms with Crippen LogP contribution in [0.1, 0.15) is 27.7 Å². The topological polar surface area (TPSA) is 151 Å². The molecule has 0 spiro atoms. The summed E-state index contributed by atoms with van der Waals surface area (Å²) in [5, 5.41) is 1.30. The number of carbonyl (C=O) groups is 4. The molecule has 11 heteroatoms. The molecule has 2 atom stereocenters. The Kier molecular flexibility index (Phi) is 7.47. The third-order valence-corrected chi connectivity index (χ3v) is 5.80. The lowest BCUT2D eigenvalue weighted by atomic mass is 10.1. The summed E-state index contributed by atoms with van der Waals surface area (Å²) in [5.74, 6) is -4.96. The van der Waals surface area contributed by atoms with Crippen molar-refractivity contribution in [2.75, 3.05) is 13.2 Å². The van der Waals surface area contributed by atoms with E-state index in [2.05, 4.69) is 4.98 Å². The molecule has 2 aromatic carbocycles. The van der Waals surface area contributed by atoms with E-state index in [1.54, 1.807) is 26.0 Å². The minimum atomic E-state index is -1.12. The van der Waals surface area contributed by atoms with Gasteiger partial charge in [-0.15, -0.1) is 0 Å². The van der Waals surface area contributed by atoms with Crippen LogP contribution in [0.25, 0.3) is 32.8 Å². The van der Waals surface area contributed by atoms with E-state index in [1.807, 2.05) is 0 Å². The molecule has 4 rings (SSSR count). The Morgan fingerprint density at radius 1 is 0.789 bits per heavy atom. The fourth-order valence-corrected chi connectivity index (χ4v) is 3.76. The summed E-state index contributed by atoms with van der Waals surface area (Å²) in [5.41, 5.74) is 0.451. The van der Waals surface area contributed by atoms with Gasteiger partial charge < -0.3 is 28.3 Å². The van der Waals surface area contributed by atoms with E-state index in [0.717, 1.165) is 0 Å². The SMILES string of the molecule is CCOC(=O)C(C)C(=O)Oc1ccc2c(c1)[nH]c(=O)c1c3ccc(OC(=O)C(C)C(=O)OCC)cc3oc21. The van der Waals surface area contributed by atoms with Gasteiger partial charge in [0.2, 0.25) is 0 Å². The van der Waals surface area contributed by atoms with Gasteiger partial charge in [-0.3, -0.25) is 24.0 Å². The molecule has 4 aromatic rings. The van der Waals surface area contributed by atoms with Gasteiger partial charge >= 0.3 is 23.9 Å². The summed E-state index contributed by atoms with van der Waals surface area (Å²) in [4.78, 5) is 63.9. The predicted molar refractivity (Wildman–Crippen MR) is 135 cm³/mol. The molecule has 0 fully saturated rings. The normalized spacial score (nSPS) is 12.7. The van der Waals surface area contributed by atoms with Crippen molar-refractivity contribution in [2.45, 2.75) is 27.7 Å². The molecule has 0 amide bonds. The minimum absolute atomic E-state index is 0.120. The molecule has 2 unspecified atom stereocenters. The van der Waals surface area contributed by atoms with Gasteiger partial charge in [0.05, 0.1) is 24.1 Å². The molecule has 0 saturated carbocycles. The highest BCUT2D eigenvalue weighted by molar-refractivity contribution is 6.14. The maximum absolute atomic E-state index is 12.9. The molecule has 38 heavy (non-hydrogen) atoms. The number of aromatic nitrogens is 1. The molecular formula is C27H25NO10. The third kappa shape index (κ3) is 5.08. The first-order valence-corrected chi connectivity index (χ1v) is 11.9. The molecule has 0 radical (unpaired) electrons. The average Bonchev–Trinajstić information content (AvgIpc) is 3.27. The molecule has 0 aliphatic carbocycles. The zero-order chi connectivity index (χ0) is 27.6. The van der Waals surface area contributed by atoms with Crippen molar-refractivity contribution in [3.05, 3.63) is 46.8 Å². The third-order valence-electron chi connectivity index (χ3n) is 5.80. The monoisotopic (exact) mass is 523 g/mol. The molecule has 0 aliphatic rings. The lowest BCUT2D eigenvalue weighted by Crippen LogP contribution is -2.27. The van der Waals surface area contributed by atoms with Gasteiger partial charge in [-0.05, 0) is 52.0 Å². The zero-order valence-electron chi connectivity index (χ0n) is 21.1. The van der Waals surface area contributed by atoms with Gasteiger partial charge in [0.15, 0.2) is 11.8 Å². The van der Waals surface area contributed by atoms with Crippen molar-refractivity contribution < 1.29 is 42.5 Å². The van der Waals surface area contributed by atoms with Crippen LogP contribution in [0.15, 0.2) is 45.6 Å². The molecule has 0 bridgehead atoms. The number of hydrogen-bond donors (Lipinski definition) is 1. The van der Waals surface area contributed by atoms with E-state index in [9.17, 15) is 24.0 Å². The highest BCUT2D eigenvalue weighted by atomic mass is 16.6. The number of hydrogen-bond acceptors (Lipinski definition) is 10. The number of pyridine rings is 1. The Balaban J connectivity index is 1.65. The summed E-state index contributed by atoms with van der Waals surface area (Å²) in [6.07, 6.45) is 0. The van der Waals surface area contributed by atoms with Crippen LogP contribution in [-0.4, -0.2) is 42.1 Å². The molecule has 0 aliphatic heterocycles. The number of ether oxygens (including phenoxy) is 4. The van der Waals surface area contributed by atoms with Crippen LogP contribution in [0, 0.1) is 11.8 Å². The van der Waals surface area contributed by atoms with Crippen LogP contribution < -0.4 is 15.0 Å². The highest BCUT2D eigenvalue weighted by Gasteiger charge is 2.26. The van der Waals surface area contributed by atoms with E-state index in [0.29, 0.717) is 16.3 Å². The van der Waals surface area contributed by atoms with Crippen molar-refractivity contribution in [1.82, 2.24) is 4.98 Å². The number of fused-ring (bicyclic) bond motifs is 5. The van der Waals surface area contributed by atoms with Crippen molar-refractivity contribution in [3.8, 4) is 11.5 Å². The fourth-order valence-electron chi connectivity index (χ4n) is 3.76. The molecule has 2 aromatic heterocycles. The lowest BCUT2D eigenvalue weighted by molar-refractivity contribution is -0.157. The Morgan fingerprint density at radius 2 is 1.32 bits per heavy atom. The maximum atomic E-state index is 12.9. The van der Waals surface area contributed by atoms with E-state index < -0.39 is 41.3 Å². The van der Waals surface area contributed by atoms with Crippen LogP contribution in [0.5, 0.6) is 11.5 Å². The second-order valence-corrected chi connectivity index (χ2v) is 8.42. The molecule has 0 saturated heterocycles. The lowest BCUT2D eigenvalue weighted by Gasteiger charge is -2.10. The van der Waals surface area contributed by atoms with Crippen LogP contribution in [0.2, 0.25) is 0 Å². The highest BCUT2D eigenvalue weighted by Crippen LogP contribution is 2.34. The number of aromatic amines is 1. The van der Waals surface area contributed by atoms with Gasteiger partial charge in [0.25, 0.3) is 5.56 Å². The second kappa shape index (κ2) is 10.8. The van der Waals surface area contributed by atoms with E-state index in [4.69, 9.17) is 23.4 Å². The van der Waals surface area contributed by atoms with Crippen LogP contribution in [-0.2, 0) is 28.7 Å². The first-order chi connectivity index (χ1) is 18.1. The molecule has 11 nitrogen and oxygen atoms in total. The smallest absolute Gasteiger partial charge is 0.325 e. The summed E-state index contributed by atoms with van der Waals surface area (Å²) in [7, 11) is 0. The van der Waals surface area contributed by atoms with E-state index in [-0.39, 0.29) is 41.3 Å². The molecular weight excluding hydrogens is 498 g/mol. The molecule has 2 heterocycles. The largest absolute Gasteiger partial charge is 0.465 e. The second-order valence-electron chi connectivity index (χ2n) is 8.42. The number of carbonyl (C=O) groups excluding carboxylic acids is 4. The number of H-pyrrole nitrogens is 1. The Bertz CT molecular complexity index is 1630. The fraction of sp³-hybridized carbons (Fsp3) is 0.296. The Hall–Kier alpha value is -4.67. The van der Waals surface area contributed by atoms with E-state index in [1.165, 1.54) is 38.1 Å². The number of esters is 4. The maximum Gasteiger partial charge on any atom is 0.325 e. The standard InChI is InChI=1S/C27H25NO10/c1-5-34-24(30)13(3)26(32)36-15-7-9-17-19(11-15)28-23(29)21-18-10-8-16(12-20(18)38-22(17)21)37-27(33)14(4)25(31)35-6-2/h7-14H,5-6H2,1-4H3,(H,28,29). The van der Waals surface area contributed by atoms with Crippen molar-refractivity contribution in [3.63, 3.8) is 0 Å². The van der Waals surface area contributed by atoms with Gasteiger partial charge in [-0.1, -0.05) is 0 Å². The van der Waals surface area contributed by atoms with E-state index >= 15 is 0 Å². The summed E-state index contributed by atoms with van der Waals surface area (Å²) >= 11 is 0. The number of nitrogens with one attached hydrogen (secondary N) is 1. The van der Waals surface area contributed by atoms with Crippen molar-refractivity contribution in [2.24, 2.45) is 11.8 Å². The Morgan fingerprint density at radius 3 is 1.87 bits per heavy atom. The van der Waals surface area contributed by atoms with Gasteiger partial charge in [-0.25, -0.2) is 0 Å². The first kappa shape index (κ1) is 26.4. The summed E-state index contributed by atoms with van der Waals surface area (Å²) in [6.45, 7) is 6.31. The summed E-state index contributed by atoms with van der Waals surface area (Å²) in [6, 6.07) is 9.08. The quantitative estimate of drug-likeness (QED) is 0.206. The minimum Gasteiger partial charge on any atom is -0.465 e.